The standard InChI is InChI=1S/C38H55IO2S/c1-25(2)11-13-31-21-28(22-32(42-31)14-12-26(3)4)24-34-35(40)33(36(34)41)23-27-19-29(15-17-37(5,6)7)39-30(20-27)16-18-38(8,9)10/h19-26,40H,11-18H2,1-10H3/p-1. The molecule has 1 aromatic heterocycles. The van der Waals surface area contributed by atoms with Crippen LogP contribution in [0, 0.1) is 22.7 Å². The maximum absolute atomic E-state index is 13.3. The number of carbonyl (C=O) groups is 1. The molecule has 0 N–H and O–H groups in total. The number of allylic oxidation sites excluding steroid dienone is 8. The van der Waals surface area contributed by atoms with Gasteiger partial charge in [-0.1, -0.05) is 27.7 Å². The molecule has 232 valence electrons. The number of hydrogen-bond donors (Lipinski definition) is 0. The number of carbonyl (C=O) groups excluding carboxylic acids is 1. The van der Waals surface area contributed by atoms with Crippen molar-refractivity contribution in [2.45, 2.75) is 121 Å². The summed E-state index contributed by atoms with van der Waals surface area (Å²) >= 11 is 1.72. The Morgan fingerprint density at radius 1 is 0.786 bits per heavy atom. The van der Waals surface area contributed by atoms with E-state index >= 15 is 0 Å². The van der Waals surface area contributed by atoms with Crippen LogP contribution < -0.4 is 26.3 Å². The Morgan fingerprint density at radius 2 is 1.26 bits per heavy atom. The first-order valence-corrected chi connectivity index (χ1v) is 18.9. The van der Waals surface area contributed by atoms with Gasteiger partial charge in [0.25, 0.3) is 0 Å². The van der Waals surface area contributed by atoms with Gasteiger partial charge in [-0.2, -0.15) is 0 Å². The third-order valence-corrected chi connectivity index (χ3v) is 11.8. The van der Waals surface area contributed by atoms with Crippen molar-refractivity contribution >= 4 is 23.2 Å². The van der Waals surface area contributed by atoms with E-state index in [4.69, 9.17) is 0 Å². The molecule has 3 rings (SSSR count). The van der Waals surface area contributed by atoms with Crippen LogP contribution in [0.15, 0.2) is 60.0 Å². The van der Waals surface area contributed by atoms with E-state index in [1.807, 2.05) is 23.5 Å². The molecule has 0 fully saturated rings. The number of halogens is 1. The predicted molar refractivity (Wildman–Crippen MR) is 177 cm³/mol. The van der Waals surface area contributed by atoms with E-state index in [0.29, 0.717) is 23.0 Å². The molecule has 1 aliphatic heterocycles. The first-order valence-electron chi connectivity index (χ1n) is 15.9. The molecule has 0 saturated carbocycles. The summed E-state index contributed by atoms with van der Waals surface area (Å²) in [6.45, 7) is 22.8. The minimum Gasteiger partial charge on any atom is -0.0628 e. The Bertz CT molecular complexity index is 1220. The average Bonchev–Trinajstić information content (AvgIpc) is 2.89. The first-order chi connectivity index (χ1) is 19.5. The summed E-state index contributed by atoms with van der Waals surface area (Å²) in [6, 6.07) is 4.38. The molecule has 4 heteroatoms. The zero-order chi connectivity index (χ0) is 31.2. The second-order valence-electron chi connectivity index (χ2n) is 15.4. The minimum atomic E-state index is -0.162. The molecule has 2 nitrogen and oxygen atoms in total. The van der Waals surface area contributed by atoms with Gasteiger partial charge in [0.1, 0.15) is 0 Å². The number of rotatable bonds is 12. The van der Waals surface area contributed by atoms with Crippen LogP contribution in [-0.4, -0.2) is 5.78 Å². The zero-order valence-corrected chi connectivity index (χ0v) is 30.9. The van der Waals surface area contributed by atoms with E-state index in [2.05, 4.69) is 93.5 Å². The summed E-state index contributed by atoms with van der Waals surface area (Å²) in [6.07, 6.45) is 17.1. The van der Waals surface area contributed by atoms with Crippen molar-refractivity contribution in [2.24, 2.45) is 22.7 Å². The van der Waals surface area contributed by atoms with E-state index in [1.165, 1.54) is 16.9 Å². The topological polar surface area (TPSA) is 40.1 Å². The molecule has 2 heterocycles. The van der Waals surface area contributed by atoms with E-state index in [0.717, 1.165) is 62.5 Å². The van der Waals surface area contributed by atoms with Crippen molar-refractivity contribution in [1.82, 2.24) is 0 Å². The zero-order valence-electron chi connectivity index (χ0n) is 27.9. The van der Waals surface area contributed by atoms with Gasteiger partial charge < -0.3 is 0 Å². The Kier molecular flexibility index (Phi) is 12.5. The summed E-state index contributed by atoms with van der Waals surface area (Å²) in [5.74, 6) is 1.07. The summed E-state index contributed by atoms with van der Waals surface area (Å²) < 4.78 is 3.04. The molecule has 1 aliphatic carbocycles. The van der Waals surface area contributed by atoms with Crippen molar-refractivity contribution < 1.29 is 31.1 Å². The summed E-state index contributed by atoms with van der Waals surface area (Å²) in [5.41, 5.74) is 3.27. The second kappa shape index (κ2) is 15.0. The van der Waals surface area contributed by atoms with Crippen molar-refractivity contribution in [1.29, 1.82) is 0 Å². The number of Topliss-reactive ketones (excluding diaryl/α,β-unsaturated/α-hetero) is 1. The molecule has 0 unspecified atom stereocenters. The maximum atomic E-state index is 13.3. The van der Waals surface area contributed by atoms with Crippen molar-refractivity contribution in [3.63, 3.8) is 0 Å². The smallest absolute Gasteiger partial charge is 0.0628 e. The van der Waals surface area contributed by atoms with Crippen LogP contribution in [0.4, 0.5) is 0 Å². The molecule has 1 aromatic rings. The van der Waals surface area contributed by atoms with E-state index in [-0.39, 0.29) is 43.6 Å². The van der Waals surface area contributed by atoms with Crippen LogP contribution in [0.2, 0.25) is 0 Å². The second-order valence-corrected chi connectivity index (χ2v) is 19.9. The quantitative estimate of drug-likeness (QED) is 0.131. The molecule has 0 aromatic carbocycles. The monoisotopic (exact) mass is 701 g/mol. The van der Waals surface area contributed by atoms with Crippen LogP contribution in [-0.2, 0) is 17.6 Å². The Labute approximate surface area is 271 Å². The third-order valence-electron chi connectivity index (χ3n) is 7.57. The molecular weight excluding hydrogens is 647 g/mol. The van der Waals surface area contributed by atoms with Crippen LogP contribution in [0.5, 0.6) is 0 Å². The normalized spacial score (nSPS) is 17.5. The molecular formula is C38H54IO2S-. The molecule has 2 aliphatic rings. The SMILES string of the molecule is CC(C)CCc1cc(C=C2C(=O)C(C=C3C=C(CCC(C)(C)C)[I-]C(CCC(C)(C)C)=C3)=C2[O-])cc(CCC(C)C)[s+]1. The molecule has 0 amide bonds. The summed E-state index contributed by atoms with van der Waals surface area (Å²) in [4.78, 5) is 16.0. The van der Waals surface area contributed by atoms with Gasteiger partial charge in [0.05, 0.1) is 0 Å². The van der Waals surface area contributed by atoms with Crippen molar-refractivity contribution in [3.8, 4) is 0 Å². The van der Waals surface area contributed by atoms with Gasteiger partial charge >= 0.3 is 221 Å². The van der Waals surface area contributed by atoms with Crippen LogP contribution in [0.3, 0.4) is 0 Å². The fourth-order valence-electron chi connectivity index (χ4n) is 4.79. The van der Waals surface area contributed by atoms with E-state index in [9.17, 15) is 9.90 Å². The van der Waals surface area contributed by atoms with Gasteiger partial charge in [0.2, 0.25) is 0 Å². The molecule has 0 atom stereocenters. The molecule has 0 saturated heterocycles. The van der Waals surface area contributed by atoms with Gasteiger partial charge in [0.15, 0.2) is 0 Å². The molecule has 0 radical (unpaired) electrons. The number of hydrogen-bond acceptors (Lipinski definition) is 2. The summed E-state index contributed by atoms with van der Waals surface area (Å²) in [7, 11) is 0. The molecule has 42 heavy (non-hydrogen) atoms. The van der Waals surface area contributed by atoms with Gasteiger partial charge in [-0.05, 0) is 24.7 Å². The van der Waals surface area contributed by atoms with Crippen LogP contribution in [0.25, 0.3) is 6.08 Å². The first kappa shape index (κ1) is 35.0. The van der Waals surface area contributed by atoms with Gasteiger partial charge in [0, 0.05) is 0 Å². The van der Waals surface area contributed by atoms with Crippen molar-refractivity contribution in [3.05, 3.63) is 75.3 Å². The predicted octanol–water partition coefficient (Wildman–Crippen LogP) is 7.24. The fourth-order valence-corrected chi connectivity index (χ4v) is 8.95. The number of ketones is 1. The number of aryl methyl sites for hydroxylation is 2. The Hall–Kier alpha value is -1.53. The van der Waals surface area contributed by atoms with Crippen molar-refractivity contribution in [2.75, 3.05) is 0 Å². The Morgan fingerprint density at radius 3 is 1.67 bits per heavy atom. The third kappa shape index (κ3) is 11.5. The van der Waals surface area contributed by atoms with Crippen LogP contribution in [0.1, 0.15) is 123 Å². The fraction of sp³-hybridized carbons (Fsp3) is 0.579. The molecule has 0 spiro atoms. The minimum absolute atomic E-state index is 0.109. The van der Waals surface area contributed by atoms with Gasteiger partial charge in [-0.15, -0.1) is 0 Å². The summed E-state index contributed by atoms with van der Waals surface area (Å²) in [5, 5.41) is 13.3. The van der Waals surface area contributed by atoms with Crippen LogP contribution >= 0.6 is 11.3 Å². The van der Waals surface area contributed by atoms with Gasteiger partial charge in [-0.25, -0.2) is 0 Å². The van der Waals surface area contributed by atoms with E-state index in [1.54, 1.807) is 0 Å². The average molecular weight is 702 g/mol. The van der Waals surface area contributed by atoms with E-state index < -0.39 is 0 Å². The Balaban J connectivity index is 1.91. The molecule has 0 bridgehead atoms. The van der Waals surface area contributed by atoms with Gasteiger partial charge in [-0.3, -0.25) is 0 Å².